The van der Waals surface area contributed by atoms with Crippen molar-refractivity contribution in [3.63, 3.8) is 0 Å². The number of hydrogen-bond acceptors (Lipinski definition) is 2. The molecule has 0 bridgehead atoms. The fourth-order valence-corrected chi connectivity index (χ4v) is 2.48. The Morgan fingerprint density at radius 2 is 2.18 bits per heavy atom. The minimum atomic E-state index is 0.573. The maximum Gasteiger partial charge on any atom is 0.0485 e. The number of hydrogen-bond donors (Lipinski definition) is 1. The minimum Gasteiger partial charge on any atom is -0.382 e. The summed E-state index contributed by atoms with van der Waals surface area (Å²) in [6, 6.07) is 7.14. The van der Waals surface area contributed by atoms with Gasteiger partial charge in [0.15, 0.2) is 0 Å². The largest absolute Gasteiger partial charge is 0.382 e. The lowest BCUT2D eigenvalue weighted by atomic mass is 10.0. The van der Waals surface area contributed by atoms with E-state index in [2.05, 4.69) is 37.4 Å². The second-order valence-electron chi connectivity index (χ2n) is 4.85. The van der Waals surface area contributed by atoms with E-state index >= 15 is 0 Å². The van der Waals surface area contributed by atoms with E-state index in [9.17, 15) is 0 Å². The molecule has 1 aromatic rings. The van der Waals surface area contributed by atoms with Crippen LogP contribution in [0.2, 0.25) is 0 Å². The van der Waals surface area contributed by atoms with E-state index in [4.69, 9.17) is 4.74 Å². The van der Waals surface area contributed by atoms with Crippen LogP contribution in [0.5, 0.6) is 0 Å². The molecule has 1 aliphatic rings. The lowest BCUT2D eigenvalue weighted by molar-refractivity contribution is 0.144. The van der Waals surface area contributed by atoms with E-state index in [0.717, 1.165) is 26.1 Å². The summed E-state index contributed by atoms with van der Waals surface area (Å²) in [5, 5.41) is 3.73. The molecule has 0 spiro atoms. The first-order chi connectivity index (χ1) is 8.31. The first kappa shape index (κ1) is 12.4. The molecule has 1 fully saturated rings. The van der Waals surface area contributed by atoms with Gasteiger partial charge in [0.05, 0.1) is 0 Å². The zero-order valence-electron chi connectivity index (χ0n) is 11.0. The number of nitrogens with one attached hydrogen (secondary N) is 1. The van der Waals surface area contributed by atoms with Crippen molar-refractivity contribution in [2.24, 2.45) is 0 Å². The van der Waals surface area contributed by atoms with Crippen LogP contribution in [-0.2, 0) is 11.2 Å². The summed E-state index contributed by atoms with van der Waals surface area (Å²) < 4.78 is 5.51. The Morgan fingerprint density at radius 3 is 3.00 bits per heavy atom. The zero-order valence-corrected chi connectivity index (χ0v) is 11.0. The Bertz CT molecular complexity index is 354. The van der Waals surface area contributed by atoms with Crippen LogP contribution in [0.15, 0.2) is 18.2 Å². The van der Waals surface area contributed by atoms with Crippen LogP contribution in [0.4, 0.5) is 5.69 Å². The maximum absolute atomic E-state index is 5.51. The van der Waals surface area contributed by atoms with Gasteiger partial charge in [-0.15, -0.1) is 0 Å². The van der Waals surface area contributed by atoms with Gasteiger partial charge in [-0.1, -0.05) is 25.1 Å². The SMILES string of the molecule is CCc1cccc(C)c1NC1CCCOCC1. The summed E-state index contributed by atoms with van der Waals surface area (Å²) in [5.41, 5.74) is 4.13. The van der Waals surface area contributed by atoms with Gasteiger partial charge in [-0.25, -0.2) is 0 Å². The monoisotopic (exact) mass is 233 g/mol. The highest BCUT2D eigenvalue weighted by Crippen LogP contribution is 2.24. The van der Waals surface area contributed by atoms with E-state index in [1.165, 1.54) is 29.7 Å². The number of ether oxygens (including phenoxy) is 1. The van der Waals surface area contributed by atoms with Crippen molar-refractivity contribution in [2.75, 3.05) is 18.5 Å². The lowest BCUT2D eigenvalue weighted by Crippen LogP contribution is -2.21. The molecule has 1 aliphatic heterocycles. The molecule has 0 aromatic heterocycles. The molecule has 2 heteroatoms. The molecule has 17 heavy (non-hydrogen) atoms. The molecule has 1 unspecified atom stereocenters. The van der Waals surface area contributed by atoms with Crippen LogP contribution >= 0.6 is 0 Å². The summed E-state index contributed by atoms with van der Waals surface area (Å²) in [7, 11) is 0. The van der Waals surface area contributed by atoms with E-state index in [1.54, 1.807) is 0 Å². The minimum absolute atomic E-state index is 0.573. The quantitative estimate of drug-likeness (QED) is 0.862. The number of para-hydroxylation sites is 1. The summed E-state index contributed by atoms with van der Waals surface area (Å²) in [6.45, 7) is 6.22. The second-order valence-corrected chi connectivity index (χ2v) is 4.85. The Morgan fingerprint density at radius 1 is 1.29 bits per heavy atom. The smallest absolute Gasteiger partial charge is 0.0485 e. The van der Waals surface area contributed by atoms with Gasteiger partial charge >= 0.3 is 0 Å². The average molecular weight is 233 g/mol. The fourth-order valence-electron chi connectivity index (χ4n) is 2.48. The molecular weight excluding hydrogens is 210 g/mol. The predicted molar refractivity (Wildman–Crippen MR) is 72.6 cm³/mol. The van der Waals surface area contributed by atoms with Gasteiger partial charge in [0, 0.05) is 24.9 Å². The van der Waals surface area contributed by atoms with Crippen molar-refractivity contribution < 1.29 is 4.74 Å². The van der Waals surface area contributed by atoms with Crippen LogP contribution in [0, 0.1) is 6.92 Å². The maximum atomic E-state index is 5.51. The Balaban J connectivity index is 2.11. The van der Waals surface area contributed by atoms with Crippen LogP contribution in [0.1, 0.15) is 37.3 Å². The Labute approximate surface area is 104 Å². The molecule has 1 aromatic carbocycles. The second kappa shape index (κ2) is 6.06. The lowest BCUT2D eigenvalue weighted by Gasteiger charge is -2.21. The van der Waals surface area contributed by atoms with E-state index < -0.39 is 0 Å². The Kier molecular flexibility index (Phi) is 4.43. The third kappa shape index (κ3) is 3.22. The molecule has 2 nitrogen and oxygen atoms in total. The van der Waals surface area contributed by atoms with E-state index in [1.807, 2.05) is 0 Å². The van der Waals surface area contributed by atoms with E-state index in [0.29, 0.717) is 6.04 Å². The van der Waals surface area contributed by atoms with Gasteiger partial charge in [-0.2, -0.15) is 0 Å². The van der Waals surface area contributed by atoms with Gasteiger partial charge in [0.1, 0.15) is 0 Å². The third-order valence-electron chi connectivity index (χ3n) is 3.54. The van der Waals surface area contributed by atoms with Crippen molar-refractivity contribution in [3.05, 3.63) is 29.3 Å². The molecule has 0 radical (unpaired) electrons. The van der Waals surface area contributed by atoms with Gasteiger partial charge in [-0.3, -0.25) is 0 Å². The molecule has 94 valence electrons. The highest BCUT2D eigenvalue weighted by atomic mass is 16.5. The first-order valence-corrected chi connectivity index (χ1v) is 6.74. The van der Waals surface area contributed by atoms with Crippen molar-refractivity contribution in [1.82, 2.24) is 0 Å². The van der Waals surface area contributed by atoms with Crippen LogP contribution in [0.3, 0.4) is 0 Å². The number of anilines is 1. The van der Waals surface area contributed by atoms with E-state index in [-0.39, 0.29) is 0 Å². The first-order valence-electron chi connectivity index (χ1n) is 6.74. The van der Waals surface area contributed by atoms with Gasteiger partial charge < -0.3 is 10.1 Å². The van der Waals surface area contributed by atoms with Crippen LogP contribution < -0.4 is 5.32 Å². The highest BCUT2D eigenvalue weighted by molar-refractivity contribution is 5.57. The van der Waals surface area contributed by atoms with Gasteiger partial charge in [0.2, 0.25) is 0 Å². The average Bonchev–Trinajstić information content (AvgIpc) is 2.60. The third-order valence-corrected chi connectivity index (χ3v) is 3.54. The molecule has 1 N–H and O–H groups in total. The molecule has 1 saturated heterocycles. The molecule has 1 atom stereocenters. The van der Waals surface area contributed by atoms with Gasteiger partial charge in [-0.05, 0) is 43.7 Å². The molecule has 1 heterocycles. The van der Waals surface area contributed by atoms with Crippen molar-refractivity contribution in [3.8, 4) is 0 Å². The standard InChI is InChI=1S/C15H23NO/c1-3-13-7-4-6-12(2)15(13)16-14-8-5-10-17-11-9-14/h4,6-7,14,16H,3,5,8-11H2,1-2H3. The summed E-state index contributed by atoms with van der Waals surface area (Å²) in [4.78, 5) is 0. The summed E-state index contributed by atoms with van der Waals surface area (Å²) >= 11 is 0. The predicted octanol–water partition coefficient (Wildman–Crippen LogP) is 3.54. The highest BCUT2D eigenvalue weighted by Gasteiger charge is 2.14. The molecule has 0 saturated carbocycles. The van der Waals surface area contributed by atoms with Crippen molar-refractivity contribution in [2.45, 2.75) is 45.6 Å². The normalized spacial score (nSPS) is 20.9. The molecule has 0 aliphatic carbocycles. The topological polar surface area (TPSA) is 21.3 Å². The number of benzene rings is 1. The summed E-state index contributed by atoms with van der Waals surface area (Å²) in [6.07, 6.45) is 4.60. The van der Waals surface area contributed by atoms with Crippen molar-refractivity contribution >= 4 is 5.69 Å². The molecule has 2 rings (SSSR count). The van der Waals surface area contributed by atoms with Gasteiger partial charge in [0.25, 0.3) is 0 Å². The molecule has 0 amide bonds. The molecular formula is C15H23NO. The zero-order chi connectivity index (χ0) is 12.1. The van der Waals surface area contributed by atoms with Crippen LogP contribution in [-0.4, -0.2) is 19.3 Å². The van der Waals surface area contributed by atoms with Crippen LogP contribution in [0.25, 0.3) is 0 Å². The summed E-state index contributed by atoms with van der Waals surface area (Å²) in [5.74, 6) is 0. The van der Waals surface area contributed by atoms with Crippen molar-refractivity contribution in [1.29, 1.82) is 0 Å². The Hall–Kier alpha value is -1.02. The number of aryl methyl sites for hydroxylation is 2. The number of rotatable bonds is 3. The fraction of sp³-hybridized carbons (Fsp3) is 0.600.